The number of piperidine rings is 1. The number of likely N-dealkylation sites (tertiary alicyclic amines) is 1. The normalized spacial score (nSPS) is 17.8. The van der Waals surface area contributed by atoms with Gasteiger partial charge in [-0.3, -0.25) is 14.3 Å². The summed E-state index contributed by atoms with van der Waals surface area (Å²) in [7, 11) is 1.69. The zero-order chi connectivity index (χ0) is 17.3. The molecule has 1 atom stereocenters. The van der Waals surface area contributed by atoms with Crippen LogP contribution in [0.4, 0.5) is 4.39 Å². The molecule has 24 heavy (non-hydrogen) atoms. The zero-order valence-corrected chi connectivity index (χ0v) is 13.4. The van der Waals surface area contributed by atoms with Crippen LogP contribution in [0.3, 0.4) is 0 Å². The van der Waals surface area contributed by atoms with Crippen LogP contribution in [-0.4, -0.2) is 39.6 Å². The Kier molecular flexibility index (Phi) is 4.33. The predicted octanol–water partition coefficient (Wildman–Crippen LogP) is 1.56. The van der Waals surface area contributed by atoms with Crippen LogP contribution in [0.2, 0.25) is 0 Å². The van der Waals surface area contributed by atoms with Crippen molar-refractivity contribution in [3.63, 3.8) is 0 Å². The number of aryl methyl sites for hydroxylation is 1. The monoisotopic (exact) mass is 330 g/mol. The van der Waals surface area contributed by atoms with E-state index in [0.29, 0.717) is 30.9 Å². The van der Waals surface area contributed by atoms with E-state index in [9.17, 15) is 14.0 Å². The number of rotatable bonds is 3. The standard InChI is InChI=1S/C17H19FN4O2/c1-21-15(9-14(20-21)11-4-6-13(18)7-5-11)17(24)22-8-2-3-12(10-22)16(19)23/h4-7,9,12H,2-3,8,10H2,1H3,(H2,19,23). The van der Waals surface area contributed by atoms with Crippen LogP contribution in [0.5, 0.6) is 0 Å². The zero-order valence-electron chi connectivity index (χ0n) is 13.4. The van der Waals surface area contributed by atoms with Crippen molar-refractivity contribution < 1.29 is 14.0 Å². The number of nitrogens with zero attached hydrogens (tertiary/aromatic N) is 3. The number of nitrogens with two attached hydrogens (primary N) is 1. The first-order valence-electron chi connectivity index (χ1n) is 7.84. The number of amides is 2. The Morgan fingerprint density at radius 1 is 1.29 bits per heavy atom. The van der Waals surface area contributed by atoms with Gasteiger partial charge in [-0.05, 0) is 43.2 Å². The van der Waals surface area contributed by atoms with Gasteiger partial charge in [-0.15, -0.1) is 0 Å². The highest BCUT2D eigenvalue weighted by Crippen LogP contribution is 2.22. The molecule has 126 valence electrons. The molecular formula is C17H19FN4O2. The van der Waals surface area contributed by atoms with Crippen molar-refractivity contribution in [2.45, 2.75) is 12.8 Å². The molecule has 1 aromatic heterocycles. The number of halogens is 1. The van der Waals surface area contributed by atoms with Crippen molar-refractivity contribution in [2.24, 2.45) is 18.7 Å². The number of hydrogen-bond donors (Lipinski definition) is 1. The molecule has 1 aromatic carbocycles. The fourth-order valence-electron chi connectivity index (χ4n) is 2.98. The van der Waals surface area contributed by atoms with E-state index in [-0.39, 0.29) is 23.5 Å². The van der Waals surface area contributed by atoms with E-state index in [1.54, 1.807) is 30.1 Å². The molecule has 0 saturated carbocycles. The lowest BCUT2D eigenvalue weighted by atomic mass is 9.97. The van der Waals surface area contributed by atoms with Gasteiger partial charge in [0.15, 0.2) is 0 Å². The Bertz CT molecular complexity index is 769. The van der Waals surface area contributed by atoms with Crippen LogP contribution in [0.15, 0.2) is 30.3 Å². The fraction of sp³-hybridized carbons (Fsp3) is 0.353. The molecule has 1 fully saturated rings. The molecule has 0 radical (unpaired) electrons. The van der Waals surface area contributed by atoms with Crippen molar-refractivity contribution in [2.75, 3.05) is 13.1 Å². The molecular weight excluding hydrogens is 311 g/mol. The molecule has 2 amide bonds. The first-order chi connectivity index (χ1) is 11.5. The van der Waals surface area contributed by atoms with Crippen molar-refractivity contribution in [3.8, 4) is 11.3 Å². The molecule has 2 N–H and O–H groups in total. The minimum Gasteiger partial charge on any atom is -0.369 e. The van der Waals surface area contributed by atoms with E-state index < -0.39 is 0 Å². The lowest BCUT2D eigenvalue weighted by Crippen LogP contribution is -2.44. The third-order valence-electron chi connectivity index (χ3n) is 4.35. The van der Waals surface area contributed by atoms with Gasteiger partial charge in [-0.2, -0.15) is 5.10 Å². The van der Waals surface area contributed by atoms with Crippen molar-refractivity contribution >= 4 is 11.8 Å². The molecule has 7 heteroatoms. The molecule has 0 aliphatic carbocycles. The molecule has 0 bridgehead atoms. The molecule has 3 rings (SSSR count). The van der Waals surface area contributed by atoms with Gasteiger partial charge < -0.3 is 10.6 Å². The summed E-state index contributed by atoms with van der Waals surface area (Å²) < 4.78 is 14.5. The minimum absolute atomic E-state index is 0.177. The summed E-state index contributed by atoms with van der Waals surface area (Å²) in [5.74, 6) is -1.17. The summed E-state index contributed by atoms with van der Waals surface area (Å²) in [6.45, 7) is 0.935. The Morgan fingerprint density at radius 2 is 2.00 bits per heavy atom. The fourth-order valence-corrected chi connectivity index (χ4v) is 2.98. The van der Waals surface area contributed by atoms with Crippen LogP contribution < -0.4 is 5.73 Å². The topological polar surface area (TPSA) is 81.2 Å². The summed E-state index contributed by atoms with van der Waals surface area (Å²) in [5, 5.41) is 4.34. The van der Waals surface area contributed by atoms with Crippen LogP contribution in [0, 0.1) is 11.7 Å². The van der Waals surface area contributed by atoms with E-state index in [0.717, 1.165) is 12.0 Å². The smallest absolute Gasteiger partial charge is 0.272 e. The van der Waals surface area contributed by atoms with Crippen molar-refractivity contribution in [1.82, 2.24) is 14.7 Å². The van der Waals surface area contributed by atoms with Gasteiger partial charge in [-0.25, -0.2) is 4.39 Å². The highest BCUT2D eigenvalue weighted by molar-refractivity contribution is 5.94. The van der Waals surface area contributed by atoms with E-state index in [4.69, 9.17) is 5.73 Å². The summed E-state index contributed by atoms with van der Waals surface area (Å²) >= 11 is 0. The molecule has 1 aliphatic rings. The Hall–Kier alpha value is -2.70. The van der Waals surface area contributed by atoms with Crippen molar-refractivity contribution in [1.29, 1.82) is 0 Å². The number of hydrogen-bond acceptors (Lipinski definition) is 3. The van der Waals surface area contributed by atoms with E-state index in [1.807, 2.05) is 0 Å². The van der Waals surface area contributed by atoms with Gasteiger partial charge in [0.25, 0.3) is 5.91 Å². The SMILES string of the molecule is Cn1nc(-c2ccc(F)cc2)cc1C(=O)N1CCCC(C(N)=O)C1. The lowest BCUT2D eigenvalue weighted by molar-refractivity contribution is -0.123. The van der Waals surface area contributed by atoms with Crippen LogP contribution in [0.25, 0.3) is 11.3 Å². The van der Waals surface area contributed by atoms with E-state index in [2.05, 4.69) is 5.10 Å². The summed E-state index contributed by atoms with van der Waals surface area (Å²) in [4.78, 5) is 25.8. The van der Waals surface area contributed by atoms with Crippen LogP contribution in [-0.2, 0) is 11.8 Å². The second kappa shape index (κ2) is 6.43. The third kappa shape index (κ3) is 3.15. The summed E-state index contributed by atoms with van der Waals surface area (Å²) in [5.41, 5.74) is 7.13. The predicted molar refractivity (Wildman–Crippen MR) is 86.4 cm³/mol. The molecule has 1 aliphatic heterocycles. The first-order valence-corrected chi connectivity index (χ1v) is 7.84. The maximum Gasteiger partial charge on any atom is 0.272 e. The van der Waals surface area contributed by atoms with Gasteiger partial charge in [0.05, 0.1) is 11.6 Å². The van der Waals surface area contributed by atoms with E-state index in [1.165, 1.54) is 16.8 Å². The highest BCUT2D eigenvalue weighted by atomic mass is 19.1. The first kappa shape index (κ1) is 16.2. The van der Waals surface area contributed by atoms with Gasteiger partial charge in [0.1, 0.15) is 11.5 Å². The van der Waals surface area contributed by atoms with Crippen molar-refractivity contribution in [3.05, 3.63) is 41.8 Å². The average molecular weight is 330 g/mol. The second-order valence-electron chi connectivity index (χ2n) is 6.04. The second-order valence-corrected chi connectivity index (χ2v) is 6.04. The molecule has 0 spiro atoms. The average Bonchev–Trinajstić information content (AvgIpc) is 2.96. The van der Waals surface area contributed by atoms with E-state index >= 15 is 0 Å². The van der Waals surface area contributed by atoms with Gasteiger partial charge in [0.2, 0.25) is 5.91 Å². The molecule has 6 nitrogen and oxygen atoms in total. The number of primary amides is 1. The number of benzene rings is 1. The van der Waals surface area contributed by atoms with Crippen LogP contribution in [0.1, 0.15) is 23.3 Å². The van der Waals surface area contributed by atoms with Crippen LogP contribution >= 0.6 is 0 Å². The quantitative estimate of drug-likeness (QED) is 0.927. The lowest BCUT2D eigenvalue weighted by Gasteiger charge is -2.31. The third-order valence-corrected chi connectivity index (χ3v) is 4.35. The summed E-state index contributed by atoms with van der Waals surface area (Å²) in [6.07, 6.45) is 1.47. The maximum absolute atomic E-state index is 13.0. The molecule has 2 aromatic rings. The largest absolute Gasteiger partial charge is 0.369 e. The molecule has 2 heterocycles. The minimum atomic E-state index is -0.371. The van der Waals surface area contributed by atoms with Gasteiger partial charge >= 0.3 is 0 Å². The number of carbonyl (C=O) groups excluding carboxylic acids is 2. The number of aromatic nitrogens is 2. The Balaban J connectivity index is 1.83. The maximum atomic E-state index is 13.0. The molecule has 1 saturated heterocycles. The van der Waals surface area contributed by atoms with Gasteiger partial charge in [-0.1, -0.05) is 0 Å². The Labute approximate surface area is 139 Å². The Morgan fingerprint density at radius 3 is 2.67 bits per heavy atom. The van der Waals surface area contributed by atoms with Gasteiger partial charge in [0, 0.05) is 25.7 Å². The number of carbonyl (C=O) groups is 2. The summed E-state index contributed by atoms with van der Waals surface area (Å²) in [6, 6.07) is 7.64. The highest BCUT2D eigenvalue weighted by Gasteiger charge is 2.29. The molecule has 1 unspecified atom stereocenters.